The Morgan fingerprint density at radius 3 is 2.08 bits per heavy atom. The number of morpholine rings is 1. The summed E-state index contributed by atoms with van der Waals surface area (Å²) in [4.78, 5) is 4.55. The molecule has 12 heavy (non-hydrogen) atoms. The highest BCUT2D eigenvalue weighted by atomic mass is 16.6. The number of rotatable bonds is 0. The SMILES string of the molecule is C1=CNOC=C1.C1COCCN1. The lowest BCUT2D eigenvalue weighted by Gasteiger charge is -2.10. The second kappa shape index (κ2) is 6.69. The second-order valence-corrected chi connectivity index (χ2v) is 2.29. The molecule has 0 aliphatic carbocycles. The fraction of sp³-hybridized carbons (Fsp3) is 0.500. The molecule has 0 unspecified atom stereocenters. The van der Waals surface area contributed by atoms with Crippen molar-refractivity contribution in [1.82, 2.24) is 10.8 Å². The number of allylic oxidation sites excluding steroid dienone is 2. The van der Waals surface area contributed by atoms with Crippen molar-refractivity contribution in [2.24, 2.45) is 0 Å². The fourth-order valence-corrected chi connectivity index (χ4v) is 0.774. The summed E-state index contributed by atoms with van der Waals surface area (Å²) in [6.45, 7) is 3.83. The molecule has 0 spiro atoms. The van der Waals surface area contributed by atoms with E-state index in [1.165, 1.54) is 0 Å². The van der Waals surface area contributed by atoms with E-state index >= 15 is 0 Å². The van der Waals surface area contributed by atoms with E-state index in [2.05, 4.69) is 15.6 Å². The maximum absolute atomic E-state index is 5.01. The van der Waals surface area contributed by atoms with Crippen LogP contribution in [0.15, 0.2) is 24.6 Å². The first-order valence-electron chi connectivity index (χ1n) is 4.01. The highest BCUT2D eigenvalue weighted by Crippen LogP contribution is 1.80. The van der Waals surface area contributed by atoms with Gasteiger partial charge in [-0.1, -0.05) is 0 Å². The Kier molecular flexibility index (Phi) is 5.07. The summed E-state index contributed by atoms with van der Waals surface area (Å²) >= 11 is 0. The largest absolute Gasteiger partial charge is 0.391 e. The van der Waals surface area contributed by atoms with Crippen LogP contribution in [0.4, 0.5) is 0 Å². The van der Waals surface area contributed by atoms with Crippen LogP contribution in [-0.2, 0) is 9.57 Å². The maximum atomic E-state index is 5.01. The van der Waals surface area contributed by atoms with Gasteiger partial charge in [-0.3, -0.25) is 0 Å². The molecule has 0 bridgehead atoms. The smallest absolute Gasteiger partial charge is 0.119 e. The summed E-state index contributed by atoms with van der Waals surface area (Å²) in [5.41, 5.74) is 2.52. The minimum atomic E-state index is 0.889. The van der Waals surface area contributed by atoms with Gasteiger partial charge in [0.15, 0.2) is 0 Å². The standard InChI is InChI=1S/C4H9NO.C4H5NO/c1-3-6-4-2-5-1;1-2-4-6-5-3-1/h5H,1-4H2;1-5H. The van der Waals surface area contributed by atoms with Crippen LogP contribution in [0.2, 0.25) is 0 Å². The molecule has 68 valence electrons. The molecule has 1 saturated heterocycles. The van der Waals surface area contributed by atoms with Crippen molar-refractivity contribution in [1.29, 1.82) is 0 Å². The van der Waals surface area contributed by atoms with E-state index in [1.807, 2.05) is 6.08 Å². The molecule has 2 heterocycles. The zero-order valence-corrected chi connectivity index (χ0v) is 6.95. The van der Waals surface area contributed by atoms with Gasteiger partial charge in [0.25, 0.3) is 0 Å². The molecule has 2 aliphatic heterocycles. The second-order valence-electron chi connectivity index (χ2n) is 2.29. The third-order valence-corrected chi connectivity index (χ3v) is 1.34. The number of hydroxylamine groups is 1. The molecule has 2 aliphatic rings. The molecule has 0 radical (unpaired) electrons. The lowest BCUT2D eigenvalue weighted by molar-refractivity contribution is 0.109. The lowest BCUT2D eigenvalue weighted by Crippen LogP contribution is -2.30. The van der Waals surface area contributed by atoms with Crippen LogP contribution in [0, 0.1) is 0 Å². The van der Waals surface area contributed by atoms with Gasteiger partial charge in [-0.05, 0) is 12.2 Å². The van der Waals surface area contributed by atoms with Gasteiger partial charge < -0.3 is 14.9 Å². The van der Waals surface area contributed by atoms with Gasteiger partial charge in [0.1, 0.15) is 6.26 Å². The molecular weight excluding hydrogens is 156 g/mol. The Hall–Kier alpha value is -1.00. The minimum absolute atomic E-state index is 0.889. The van der Waals surface area contributed by atoms with Gasteiger partial charge >= 0.3 is 0 Å². The molecule has 4 nitrogen and oxygen atoms in total. The molecule has 0 aromatic heterocycles. The summed E-state index contributed by atoms with van der Waals surface area (Å²) in [7, 11) is 0. The first-order chi connectivity index (χ1) is 6.00. The van der Waals surface area contributed by atoms with Crippen LogP contribution in [0.5, 0.6) is 0 Å². The molecule has 0 aromatic carbocycles. The highest BCUT2D eigenvalue weighted by molar-refractivity contribution is 5.00. The van der Waals surface area contributed by atoms with Gasteiger partial charge in [-0.15, -0.1) is 0 Å². The van der Waals surface area contributed by atoms with Crippen molar-refractivity contribution in [2.45, 2.75) is 0 Å². The van der Waals surface area contributed by atoms with E-state index < -0.39 is 0 Å². The summed E-state index contributed by atoms with van der Waals surface area (Å²) < 4.78 is 5.01. The van der Waals surface area contributed by atoms with Gasteiger partial charge in [0.2, 0.25) is 0 Å². The normalized spacial score (nSPS) is 20.0. The van der Waals surface area contributed by atoms with Crippen LogP contribution < -0.4 is 10.8 Å². The van der Waals surface area contributed by atoms with E-state index in [0.29, 0.717) is 0 Å². The van der Waals surface area contributed by atoms with Gasteiger partial charge in [-0.25, -0.2) is 5.48 Å². The topological polar surface area (TPSA) is 42.5 Å². The molecule has 2 N–H and O–H groups in total. The van der Waals surface area contributed by atoms with E-state index in [1.54, 1.807) is 18.5 Å². The average Bonchev–Trinajstić information content (AvgIpc) is 2.24. The first kappa shape index (κ1) is 9.09. The molecule has 0 aromatic rings. The number of hydrogen-bond acceptors (Lipinski definition) is 4. The predicted octanol–water partition coefficient (Wildman–Crippen LogP) is 0.155. The van der Waals surface area contributed by atoms with Crippen molar-refractivity contribution in [3.63, 3.8) is 0 Å². The zero-order valence-electron chi connectivity index (χ0n) is 6.95. The molecule has 0 amide bonds. The molecular formula is C8H14N2O2. The summed E-state index contributed by atoms with van der Waals surface area (Å²) in [5.74, 6) is 0. The summed E-state index contributed by atoms with van der Waals surface area (Å²) in [6.07, 6.45) is 6.93. The van der Waals surface area contributed by atoms with Crippen molar-refractivity contribution in [3.05, 3.63) is 24.6 Å². The van der Waals surface area contributed by atoms with E-state index in [0.717, 1.165) is 26.3 Å². The van der Waals surface area contributed by atoms with Crippen molar-refractivity contribution in [2.75, 3.05) is 26.3 Å². The third-order valence-electron chi connectivity index (χ3n) is 1.34. The molecule has 1 fully saturated rings. The average molecular weight is 170 g/mol. The van der Waals surface area contributed by atoms with Gasteiger partial charge in [-0.2, -0.15) is 0 Å². The Labute approximate surface area is 72.2 Å². The van der Waals surface area contributed by atoms with E-state index in [-0.39, 0.29) is 0 Å². The van der Waals surface area contributed by atoms with E-state index in [9.17, 15) is 0 Å². The highest BCUT2D eigenvalue weighted by Gasteiger charge is 1.92. The van der Waals surface area contributed by atoms with Crippen molar-refractivity contribution >= 4 is 0 Å². The number of hydrogen-bond donors (Lipinski definition) is 2. The Morgan fingerprint density at radius 1 is 1.08 bits per heavy atom. The Morgan fingerprint density at radius 2 is 1.92 bits per heavy atom. The first-order valence-corrected chi connectivity index (χ1v) is 4.01. The molecule has 0 saturated carbocycles. The minimum Gasteiger partial charge on any atom is -0.391 e. The van der Waals surface area contributed by atoms with Crippen molar-refractivity contribution in [3.8, 4) is 0 Å². The fourth-order valence-electron chi connectivity index (χ4n) is 0.774. The quantitative estimate of drug-likeness (QED) is 0.543. The lowest BCUT2D eigenvalue weighted by atomic mass is 10.5. The monoisotopic (exact) mass is 170 g/mol. The third kappa shape index (κ3) is 4.76. The van der Waals surface area contributed by atoms with Gasteiger partial charge in [0.05, 0.1) is 13.2 Å². The van der Waals surface area contributed by atoms with Crippen LogP contribution in [0.1, 0.15) is 0 Å². The zero-order chi connectivity index (χ0) is 8.49. The molecule has 4 heteroatoms. The molecule has 2 rings (SSSR count). The van der Waals surface area contributed by atoms with E-state index in [4.69, 9.17) is 4.74 Å². The number of ether oxygens (including phenoxy) is 1. The van der Waals surface area contributed by atoms with Crippen LogP contribution >= 0.6 is 0 Å². The Balaban J connectivity index is 0.000000120. The summed E-state index contributed by atoms with van der Waals surface area (Å²) in [6, 6.07) is 0. The summed E-state index contributed by atoms with van der Waals surface area (Å²) in [5, 5.41) is 3.16. The van der Waals surface area contributed by atoms with Crippen LogP contribution in [-0.4, -0.2) is 26.3 Å². The van der Waals surface area contributed by atoms with Crippen LogP contribution in [0.3, 0.4) is 0 Å². The Bertz CT molecular complexity index is 130. The predicted molar refractivity (Wildman–Crippen MR) is 46.2 cm³/mol. The number of nitrogens with one attached hydrogen (secondary N) is 2. The molecule has 0 atom stereocenters. The maximum Gasteiger partial charge on any atom is 0.119 e. The van der Waals surface area contributed by atoms with Gasteiger partial charge in [0, 0.05) is 19.3 Å². The van der Waals surface area contributed by atoms with Crippen molar-refractivity contribution < 1.29 is 9.57 Å². The van der Waals surface area contributed by atoms with Crippen LogP contribution in [0.25, 0.3) is 0 Å².